The average Bonchev–Trinajstić information content (AvgIpc) is 3.63. The Morgan fingerprint density at radius 3 is 2.09 bits per heavy atom. The molecule has 2 aliphatic rings. The number of piperidine rings is 1. The number of carbonyl (C=O) groups is 1. The molecule has 6 nitrogen and oxygen atoms in total. The highest BCUT2D eigenvalue weighted by Crippen LogP contribution is 2.42. The lowest BCUT2D eigenvalue weighted by atomic mass is 9.98. The van der Waals surface area contributed by atoms with Crippen LogP contribution in [0.1, 0.15) is 62.7 Å². The van der Waals surface area contributed by atoms with Gasteiger partial charge in [0.05, 0.1) is 11.3 Å². The Bertz CT molecular complexity index is 1050. The van der Waals surface area contributed by atoms with E-state index in [1.807, 2.05) is 43.3 Å². The Morgan fingerprint density at radius 1 is 0.941 bits per heavy atom. The van der Waals surface area contributed by atoms with Crippen LogP contribution in [0.15, 0.2) is 65.8 Å². The van der Waals surface area contributed by atoms with E-state index in [1.54, 1.807) is 0 Å². The Kier molecular flexibility index (Phi) is 6.90. The van der Waals surface area contributed by atoms with Gasteiger partial charge in [-0.25, -0.2) is 0 Å². The van der Waals surface area contributed by atoms with Gasteiger partial charge in [0.1, 0.15) is 0 Å². The maximum Gasteiger partial charge on any atom is 0.234 e. The molecule has 1 aliphatic carbocycles. The number of hydrogen-bond acceptors (Lipinski definition) is 5. The first-order chi connectivity index (χ1) is 16.6. The van der Waals surface area contributed by atoms with E-state index in [-0.39, 0.29) is 17.2 Å². The first-order valence-corrected chi connectivity index (χ1v) is 13.2. The van der Waals surface area contributed by atoms with Gasteiger partial charge in [-0.15, -0.1) is 10.2 Å². The van der Waals surface area contributed by atoms with Crippen LogP contribution in [0.2, 0.25) is 0 Å². The first-order valence-electron chi connectivity index (χ1n) is 12.4. The van der Waals surface area contributed by atoms with Gasteiger partial charge in [-0.05, 0) is 49.7 Å². The van der Waals surface area contributed by atoms with Crippen molar-refractivity contribution < 1.29 is 4.79 Å². The fourth-order valence-corrected chi connectivity index (χ4v) is 5.47. The lowest BCUT2D eigenvalue weighted by molar-refractivity contribution is -0.120. The summed E-state index contributed by atoms with van der Waals surface area (Å²) in [6, 6.07) is 20.6. The van der Waals surface area contributed by atoms with E-state index in [4.69, 9.17) is 0 Å². The normalized spacial score (nSPS) is 17.7. The van der Waals surface area contributed by atoms with Crippen molar-refractivity contribution >= 4 is 23.6 Å². The van der Waals surface area contributed by atoms with Crippen LogP contribution in [0.4, 0.5) is 5.95 Å². The minimum atomic E-state index is -0.286. The molecule has 178 valence electrons. The van der Waals surface area contributed by atoms with Gasteiger partial charge < -0.3 is 10.2 Å². The molecule has 2 aromatic carbocycles. The number of thioether (sulfide) groups is 1. The maximum atomic E-state index is 13.3. The number of nitrogens with zero attached hydrogens (tertiary/aromatic N) is 4. The fourth-order valence-electron chi connectivity index (χ4n) is 4.55. The molecule has 1 aromatic heterocycles. The molecule has 0 bridgehead atoms. The predicted octanol–water partition coefficient (Wildman–Crippen LogP) is 5.24. The zero-order valence-electron chi connectivity index (χ0n) is 19.9. The summed E-state index contributed by atoms with van der Waals surface area (Å²) in [5.41, 5.74) is 2.14. The van der Waals surface area contributed by atoms with Crippen LogP contribution >= 0.6 is 11.8 Å². The highest BCUT2D eigenvalue weighted by molar-refractivity contribution is 8.00. The van der Waals surface area contributed by atoms with Gasteiger partial charge >= 0.3 is 0 Å². The summed E-state index contributed by atoms with van der Waals surface area (Å²) >= 11 is 1.52. The second kappa shape index (κ2) is 10.2. The molecule has 0 radical (unpaired) electrons. The van der Waals surface area contributed by atoms with Crippen molar-refractivity contribution in [1.82, 2.24) is 20.1 Å². The molecule has 1 aliphatic heterocycles. The fraction of sp³-hybridized carbons (Fsp3) is 0.444. The molecule has 1 saturated carbocycles. The molecule has 7 heteroatoms. The summed E-state index contributed by atoms with van der Waals surface area (Å²) in [5, 5.41) is 13.0. The minimum Gasteiger partial charge on any atom is -0.344 e. The topological polar surface area (TPSA) is 63.1 Å². The van der Waals surface area contributed by atoms with Crippen LogP contribution in [-0.4, -0.2) is 39.0 Å². The van der Waals surface area contributed by atoms with Gasteiger partial charge in [-0.2, -0.15) is 0 Å². The maximum absolute atomic E-state index is 13.3. The van der Waals surface area contributed by atoms with E-state index in [2.05, 4.69) is 56.2 Å². The largest absolute Gasteiger partial charge is 0.344 e. The predicted molar refractivity (Wildman–Crippen MR) is 137 cm³/mol. The van der Waals surface area contributed by atoms with E-state index in [0.29, 0.717) is 6.04 Å². The monoisotopic (exact) mass is 475 g/mol. The molecular weight excluding hydrogens is 442 g/mol. The number of carbonyl (C=O) groups excluding carboxylic acids is 1. The number of aromatic nitrogens is 3. The standard InChI is InChI=1S/C27H33N5OS/c1-19-15-17-31(18-16-19)26-29-30-27(32(26)23-13-14-23)34-20(2)25(33)28-24(21-9-5-3-6-10-21)22-11-7-4-8-12-22/h3-12,19-20,23-24H,13-18H2,1-2H3,(H,28,33). The Labute approximate surface area is 206 Å². The van der Waals surface area contributed by atoms with Crippen molar-refractivity contribution in [2.75, 3.05) is 18.0 Å². The first kappa shape index (κ1) is 23.0. The molecule has 2 heterocycles. The molecule has 5 rings (SSSR count). The van der Waals surface area contributed by atoms with E-state index in [0.717, 1.165) is 54.1 Å². The molecule has 3 aromatic rings. The van der Waals surface area contributed by atoms with Gasteiger partial charge in [0.25, 0.3) is 0 Å². The lowest BCUT2D eigenvalue weighted by Crippen LogP contribution is -2.35. The Morgan fingerprint density at radius 2 is 1.53 bits per heavy atom. The van der Waals surface area contributed by atoms with Gasteiger partial charge in [-0.3, -0.25) is 9.36 Å². The third-order valence-corrected chi connectivity index (χ3v) is 7.89. The molecule has 1 N–H and O–H groups in total. The van der Waals surface area contributed by atoms with E-state index in [9.17, 15) is 4.79 Å². The molecule has 1 atom stereocenters. The van der Waals surface area contributed by atoms with Crippen molar-refractivity contribution in [3.05, 3.63) is 71.8 Å². The van der Waals surface area contributed by atoms with Crippen LogP contribution in [0, 0.1) is 5.92 Å². The third-order valence-electron chi connectivity index (χ3n) is 6.83. The van der Waals surface area contributed by atoms with Crippen LogP contribution in [-0.2, 0) is 4.79 Å². The van der Waals surface area contributed by atoms with Crippen LogP contribution < -0.4 is 10.2 Å². The summed E-state index contributed by atoms with van der Waals surface area (Å²) in [6.45, 7) is 6.34. The Balaban J connectivity index is 1.32. The summed E-state index contributed by atoms with van der Waals surface area (Å²) in [7, 11) is 0. The van der Waals surface area contributed by atoms with Crippen molar-refractivity contribution in [1.29, 1.82) is 0 Å². The highest BCUT2D eigenvalue weighted by Gasteiger charge is 2.34. The number of rotatable bonds is 8. The van der Waals surface area contributed by atoms with Crippen LogP contribution in [0.5, 0.6) is 0 Å². The summed E-state index contributed by atoms with van der Waals surface area (Å²) in [5.74, 6) is 1.76. The number of nitrogens with one attached hydrogen (secondary N) is 1. The van der Waals surface area contributed by atoms with Crippen molar-refractivity contribution in [3.8, 4) is 0 Å². The molecule has 2 fully saturated rings. The number of anilines is 1. The summed E-state index contributed by atoms with van der Waals surface area (Å²) in [4.78, 5) is 15.7. The molecule has 1 amide bonds. The molecule has 1 saturated heterocycles. The van der Waals surface area contributed by atoms with Gasteiger partial charge in [0.2, 0.25) is 11.9 Å². The average molecular weight is 476 g/mol. The second-order valence-corrected chi connectivity index (χ2v) is 10.9. The SMILES string of the molecule is CC1CCN(c2nnc(SC(C)C(=O)NC(c3ccccc3)c3ccccc3)n2C2CC2)CC1. The Hall–Kier alpha value is -2.80. The molecule has 34 heavy (non-hydrogen) atoms. The third kappa shape index (κ3) is 5.14. The second-order valence-electron chi connectivity index (χ2n) is 9.58. The van der Waals surface area contributed by atoms with E-state index < -0.39 is 0 Å². The highest BCUT2D eigenvalue weighted by atomic mass is 32.2. The summed E-state index contributed by atoms with van der Waals surface area (Å²) < 4.78 is 2.29. The molecule has 0 spiro atoms. The number of hydrogen-bond donors (Lipinski definition) is 1. The minimum absolute atomic E-state index is 0.00130. The zero-order chi connectivity index (χ0) is 23.5. The molecular formula is C27H33N5OS. The zero-order valence-corrected chi connectivity index (χ0v) is 20.7. The van der Waals surface area contributed by atoms with Gasteiger partial charge in [-0.1, -0.05) is 79.3 Å². The number of amides is 1. The van der Waals surface area contributed by atoms with Crippen molar-refractivity contribution in [2.24, 2.45) is 5.92 Å². The van der Waals surface area contributed by atoms with Crippen LogP contribution in [0.25, 0.3) is 0 Å². The van der Waals surface area contributed by atoms with E-state index in [1.165, 1.54) is 24.6 Å². The summed E-state index contributed by atoms with van der Waals surface area (Å²) in [6.07, 6.45) is 4.71. The van der Waals surface area contributed by atoms with Crippen LogP contribution in [0.3, 0.4) is 0 Å². The van der Waals surface area contributed by atoms with E-state index >= 15 is 0 Å². The smallest absolute Gasteiger partial charge is 0.234 e. The van der Waals surface area contributed by atoms with Crippen molar-refractivity contribution in [2.45, 2.75) is 62.0 Å². The number of benzene rings is 2. The van der Waals surface area contributed by atoms with Gasteiger partial charge in [0, 0.05) is 19.1 Å². The van der Waals surface area contributed by atoms with Gasteiger partial charge in [0.15, 0.2) is 5.16 Å². The lowest BCUT2D eigenvalue weighted by Gasteiger charge is -2.31. The quantitative estimate of drug-likeness (QED) is 0.452. The molecule has 1 unspecified atom stereocenters. The van der Waals surface area contributed by atoms with Crippen molar-refractivity contribution in [3.63, 3.8) is 0 Å².